The molecule has 0 radical (unpaired) electrons. The Morgan fingerprint density at radius 1 is 1.39 bits per heavy atom. The van der Waals surface area contributed by atoms with Gasteiger partial charge in [0.2, 0.25) is 0 Å². The van der Waals surface area contributed by atoms with Crippen LogP contribution in [0.3, 0.4) is 0 Å². The molecule has 0 atom stereocenters. The van der Waals surface area contributed by atoms with Gasteiger partial charge in [-0.2, -0.15) is 4.98 Å². The van der Waals surface area contributed by atoms with Gasteiger partial charge in [-0.3, -0.25) is 0 Å². The van der Waals surface area contributed by atoms with Crippen LogP contribution in [0.1, 0.15) is 48.3 Å². The van der Waals surface area contributed by atoms with Crippen LogP contribution in [0.2, 0.25) is 0 Å². The quantitative estimate of drug-likeness (QED) is 0.888. The van der Waals surface area contributed by atoms with Crippen LogP contribution < -0.4 is 4.74 Å². The first-order chi connectivity index (χ1) is 8.65. The normalized spacial score (nSPS) is 16.5. The molecule has 1 N–H and O–H groups in total. The molecule has 5 heteroatoms. The molecule has 1 aliphatic rings. The molecule has 0 aromatic carbocycles. The SMILES string of the molecule is Cc1cc(C(=O)O)nc(OCC2CCCCC2)n1. The van der Waals surface area contributed by atoms with E-state index in [2.05, 4.69) is 9.97 Å². The Bertz CT molecular complexity index is 428. The molecule has 1 aromatic rings. The first-order valence-electron chi connectivity index (χ1n) is 6.37. The van der Waals surface area contributed by atoms with Crippen molar-refractivity contribution in [3.8, 4) is 6.01 Å². The van der Waals surface area contributed by atoms with Gasteiger partial charge in [0, 0.05) is 5.69 Å². The van der Waals surface area contributed by atoms with Gasteiger partial charge in [-0.1, -0.05) is 19.3 Å². The lowest BCUT2D eigenvalue weighted by molar-refractivity contribution is 0.0688. The molecule has 1 aliphatic carbocycles. The summed E-state index contributed by atoms with van der Waals surface area (Å²) in [5.41, 5.74) is 0.599. The summed E-state index contributed by atoms with van der Waals surface area (Å²) in [6.07, 6.45) is 6.17. The highest BCUT2D eigenvalue weighted by Crippen LogP contribution is 2.24. The molecule has 2 rings (SSSR count). The number of rotatable bonds is 4. The van der Waals surface area contributed by atoms with E-state index in [0.29, 0.717) is 18.2 Å². The van der Waals surface area contributed by atoms with Crippen molar-refractivity contribution >= 4 is 5.97 Å². The second-order valence-corrected chi connectivity index (χ2v) is 4.80. The van der Waals surface area contributed by atoms with E-state index in [0.717, 1.165) is 0 Å². The standard InChI is InChI=1S/C13H18N2O3/c1-9-7-11(12(16)17)15-13(14-9)18-8-10-5-3-2-4-6-10/h7,10H,2-6,8H2,1H3,(H,16,17). The van der Waals surface area contributed by atoms with Crippen molar-refractivity contribution in [1.82, 2.24) is 9.97 Å². The number of carboxylic acids is 1. The number of aryl methyl sites for hydroxylation is 1. The van der Waals surface area contributed by atoms with Gasteiger partial charge in [-0.25, -0.2) is 9.78 Å². The van der Waals surface area contributed by atoms with Gasteiger partial charge in [0.25, 0.3) is 0 Å². The molecular formula is C13H18N2O3. The predicted octanol–water partition coefficient (Wildman–Crippen LogP) is 2.44. The summed E-state index contributed by atoms with van der Waals surface area (Å²) in [5, 5.41) is 8.90. The fourth-order valence-corrected chi connectivity index (χ4v) is 2.26. The zero-order valence-corrected chi connectivity index (χ0v) is 10.6. The van der Waals surface area contributed by atoms with E-state index in [-0.39, 0.29) is 11.7 Å². The van der Waals surface area contributed by atoms with Crippen LogP contribution in [0.4, 0.5) is 0 Å². The summed E-state index contributed by atoms with van der Waals surface area (Å²) in [6.45, 7) is 2.32. The van der Waals surface area contributed by atoms with Crippen LogP contribution in [0.15, 0.2) is 6.07 Å². The van der Waals surface area contributed by atoms with Crippen LogP contribution in [-0.2, 0) is 0 Å². The first-order valence-corrected chi connectivity index (χ1v) is 6.37. The molecule has 18 heavy (non-hydrogen) atoms. The summed E-state index contributed by atoms with van der Waals surface area (Å²) in [5.74, 6) is -0.501. The van der Waals surface area contributed by atoms with Gasteiger partial charge in [0.1, 0.15) is 0 Å². The molecule has 5 nitrogen and oxygen atoms in total. The third-order valence-corrected chi connectivity index (χ3v) is 3.23. The zero-order chi connectivity index (χ0) is 13.0. The molecule has 0 saturated heterocycles. The van der Waals surface area contributed by atoms with Crippen LogP contribution in [-0.4, -0.2) is 27.7 Å². The smallest absolute Gasteiger partial charge is 0.354 e. The highest BCUT2D eigenvalue weighted by atomic mass is 16.5. The van der Waals surface area contributed by atoms with E-state index in [1.165, 1.54) is 38.2 Å². The third-order valence-electron chi connectivity index (χ3n) is 3.23. The highest BCUT2D eigenvalue weighted by Gasteiger charge is 2.15. The van der Waals surface area contributed by atoms with Crippen molar-refractivity contribution in [3.63, 3.8) is 0 Å². The number of ether oxygens (including phenoxy) is 1. The van der Waals surface area contributed by atoms with Crippen molar-refractivity contribution in [2.75, 3.05) is 6.61 Å². The minimum atomic E-state index is -1.05. The molecule has 0 spiro atoms. The first kappa shape index (κ1) is 12.8. The lowest BCUT2D eigenvalue weighted by atomic mass is 9.90. The van der Waals surface area contributed by atoms with Gasteiger partial charge >= 0.3 is 12.0 Å². The number of carboxylic acid groups (broad SMARTS) is 1. The molecule has 1 heterocycles. The van der Waals surface area contributed by atoms with E-state index in [1.807, 2.05) is 0 Å². The minimum Gasteiger partial charge on any atom is -0.477 e. The van der Waals surface area contributed by atoms with Gasteiger partial charge < -0.3 is 9.84 Å². The highest BCUT2D eigenvalue weighted by molar-refractivity contribution is 5.85. The Kier molecular flexibility index (Phi) is 4.12. The van der Waals surface area contributed by atoms with E-state index >= 15 is 0 Å². The lowest BCUT2D eigenvalue weighted by Crippen LogP contribution is -2.17. The Morgan fingerprint density at radius 3 is 2.78 bits per heavy atom. The molecule has 0 bridgehead atoms. The summed E-state index contributed by atoms with van der Waals surface area (Å²) in [7, 11) is 0. The van der Waals surface area contributed by atoms with E-state index in [1.54, 1.807) is 6.92 Å². The summed E-state index contributed by atoms with van der Waals surface area (Å²) >= 11 is 0. The fourth-order valence-electron chi connectivity index (χ4n) is 2.26. The van der Waals surface area contributed by atoms with Crippen molar-refractivity contribution in [2.24, 2.45) is 5.92 Å². The van der Waals surface area contributed by atoms with E-state index < -0.39 is 5.97 Å². The maximum absolute atomic E-state index is 10.9. The second-order valence-electron chi connectivity index (χ2n) is 4.80. The van der Waals surface area contributed by atoms with Crippen LogP contribution in [0.5, 0.6) is 6.01 Å². The Balaban J connectivity index is 1.97. The topological polar surface area (TPSA) is 72.3 Å². The number of aromatic nitrogens is 2. The number of hydrogen-bond donors (Lipinski definition) is 1. The average Bonchev–Trinajstić information content (AvgIpc) is 2.37. The maximum atomic E-state index is 10.9. The lowest BCUT2D eigenvalue weighted by Gasteiger charge is -2.21. The number of aromatic carboxylic acids is 1. The van der Waals surface area contributed by atoms with Crippen molar-refractivity contribution in [1.29, 1.82) is 0 Å². The van der Waals surface area contributed by atoms with Crippen LogP contribution >= 0.6 is 0 Å². The van der Waals surface area contributed by atoms with Crippen molar-refractivity contribution in [3.05, 3.63) is 17.5 Å². The van der Waals surface area contributed by atoms with Crippen LogP contribution in [0, 0.1) is 12.8 Å². The summed E-state index contributed by atoms with van der Waals surface area (Å²) < 4.78 is 5.53. The van der Waals surface area contributed by atoms with Gasteiger partial charge in [-0.05, 0) is 31.7 Å². The fraction of sp³-hybridized carbons (Fsp3) is 0.615. The number of hydrogen-bond acceptors (Lipinski definition) is 4. The van der Waals surface area contributed by atoms with Gasteiger partial charge in [-0.15, -0.1) is 0 Å². The Morgan fingerprint density at radius 2 is 2.11 bits per heavy atom. The molecular weight excluding hydrogens is 232 g/mol. The molecule has 0 amide bonds. The number of nitrogens with zero attached hydrogens (tertiary/aromatic N) is 2. The second kappa shape index (κ2) is 5.80. The van der Waals surface area contributed by atoms with Gasteiger partial charge in [0.15, 0.2) is 5.69 Å². The van der Waals surface area contributed by atoms with E-state index in [4.69, 9.17) is 9.84 Å². The molecule has 98 valence electrons. The monoisotopic (exact) mass is 250 g/mol. The predicted molar refractivity (Wildman–Crippen MR) is 65.8 cm³/mol. The molecule has 0 unspecified atom stereocenters. The summed E-state index contributed by atoms with van der Waals surface area (Å²) in [6, 6.07) is 1.62. The third kappa shape index (κ3) is 3.42. The van der Waals surface area contributed by atoms with Crippen molar-refractivity contribution < 1.29 is 14.6 Å². The zero-order valence-electron chi connectivity index (χ0n) is 10.6. The molecule has 1 aromatic heterocycles. The minimum absolute atomic E-state index is 0.0128. The molecule has 1 saturated carbocycles. The van der Waals surface area contributed by atoms with E-state index in [9.17, 15) is 4.79 Å². The Hall–Kier alpha value is -1.65. The van der Waals surface area contributed by atoms with Gasteiger partial charge in [0.05, 0.1) is 6.61 Å². The summed E-state index contributed by atoms with van der Waals surface area (Å²) in [4.78, 5) is 18.9. The van der Waals surface area contributed by atoms with Crippen LogP contribution in [0.25, 0.3) is 0 Å². The maximum Gasteiger partial charge on any atom is 0.354 e. The van der Waals surface area contributed by atoms with Crippen molar-refractivity contribution in [2.45, 2.75) is 39.0 Å². The average molecular weight is 250 g/mol. The molecule has 0 aliphatic heterocycles. The Labute approximate surface area is 106 Å². The molecule has 1 fully saturated rings. The number of carbonyl (C=O) groups is 1. The largest absolute Gasteiger partial charge is 0.477 e.